The number of rotatable bonds is 8. The predicted molar refractivity (Wildman–Crippen MR) is 164 cm³/mol. The Morgan fingerprint density at radius 3 is 1.39 bits per heavy atom. The van der Waals surface area contributed by atoms with Crippen LogP contribution in [0.5, 0.6) is 11.5 Å². The Bertz CT molecular complexity index is 1380. The maximum atomic E-state index is 12.5. The molecule has 6 atom stereocenters. The van der Waals surface area contributed by atoms with Gasteiger partial charge in [0.15, 0.2) is 0 Å². The van der Waals surface area contributed by atoms with Gasteiger partial charge in [0.2, 0.25) is 0 Å². The first-order valence-corrected chi connectivity index (χ1v) is 16.2. The van der Waals surface area contributed by atoms with Gasteiger partial charge in [-0.2, -0.15) is 0 Å². The summed E-state index contributed by atoms with van der Waals surface area (Å²) in [5, 5.41) is 0. The molecule has 2 aliphatic heterocycles. The summed E-state index contributed by atoms with van der Waals surface area (Å²) in [6, 6.07) is 14.6. The molecule has 0 aromatic heterocycles. The molecule has 10 heteroatoms. The maximum Gasteiger partial charge on any atom is 0.315 e. The molecule has 46 heavy (non-hydrogen) atoms. The van der Waals surface area contributed by atoms with Crippen molar-refractivity contribution in [2.45, 2.75) is 77.0 Å². The van der Waals surface area contributed by atoms with E-state index in [0.29, 0.717) is 63.2 Å². The Balaban J connectivity index is 0.000000181. The Morgan fingerprint density at radius 2 is 1.04 bits per heavy atom. The molecule has 0 amide bonds. The molecule has 2 saturated carbocycles. The number of para-hydroxylation sites is 2. The summed E-state index contributed by atoms with van der Waals surface area (Å²) in [6.45, 7) is 4.14. The van der Waals surface area contributed by atoms with Crippen LogP contribution in [0.25, 0.3) is 0 Å². The lowest BCUT2D eigenvalue weighted by Crippen LogP contribution is -2.37. The van der Waals surface area contributed by atoms with Crippen molar-refractivity contribution in [2.24, 2.45) is 23.7 Å². The van der Waals surface area contributed by atoms with Gasteiger partial charge in [-0.25, -0.2) is 0 Å². The van der Waals surface area contributed by atoms with Crippen LogP contribution in [0.3, 0.4) is 0 Å². The third-order valence-electron chi connectivity index (χ3n) is 9.44. The first-order chi connectivity index (χ1) is 22.2. The van der Waals surface area contributed by atoms with Gasteiger partial charge in [-0.05, 0) is 61.8 Å². The largest absolute Gasteiger partial charge is 0.466 e. The van der Waals surface area contributed by atoms with E-state index in [1.807, 2.05) is 24.3 Å². The zero-order chi connectivity index (χ0) is 32.8. The molecule has 2 aliphatic carbocycles. The molecule has 0 N–H and O–H groups in total. The van der Waals surface area contributed by atoms with E-state index in [0.717, 1.165) is 11.1 Å². The van der Waals surface area contributed by atoms with E-state index in [9.17, 15) is 28.8 Å². The second-order valence-corrected chi connectivity index (χ2v) is 12.3. The first-order valence-electron chi connectivity index (χ1n) is 16.2. The molecule has 0 unspecified atom stereocenters. The van der Waals surface area contributed by atoms with E-state index < -0.39 is 11.8 Å². The molecule has 2 aromatic carbocycles. The molecule has 4 aliphatic rings. The molecule has 2 heterocycles. The molecule has 10 nitrogen and oxygen atoms in total. The van der Waals surface area contributed by atoms with Gasteiger partial charge < -0.3 is 18.9 Å². The summed E-state index contributed by atoms with van der Waals surface area (Å²) in [5.74, 6) is -1.55. The predicted octanol–water partition coefficient (Wildman–Crippen LogP) is 5.26. The summed E-state index contributed by atoms with van der Waals surface area (Å²) in [5.41, 5.74) is 1.70. The molecule has 6 rings (SSSR count). The second-order valence-electron chi connectivity index (χ2n) is 12.3. The highest BCUT2D eigenvalue weighted by molar-refractivity contribution is 5.86. The van der Waals surface area contributed by atoms with Crippen molar-refractivity contribution >= 4 is 35.4 Å². The highest BCUT2D eigenvalue weighted by atomic mass is 16.5. The lowest BCUT2D eigenvalue weighted by molar-refractivity contribution is -0.149. The van der Waals surface area contributed by atoms with Crippen molar-refractivity contribution in [3.05, 3.63) is 59.7 Å². The van der Waals surface area contributed by atoms with E-state index >= 15 is 0 Å². The highest BCUT2D eigenvalue weighted by Crippen LogP contribution is 2.48. The van der Waals surface area contributed by atoms with Crippen LogP contribution in [0.2, 0.25) is 0 Å². The minimum atomic E-state index is -0.458. The van der Waals surface area contributed by atoms with Crippen LogP contribution in [-0.4, -0.2) is 48.7 Å². The Kier molecular flexibility index (Phi) is 10.7. The van der Waals surface area contributed by atoms with Gasteiger partial charge in [0.1, 0.15) is 23.1 Å². The topological polar surface area (TPSA) is 139 Å². The average molecular weight is 633 g/mol. The van der Waals surface area contributed by atoms with Crippen molar-refractivity contribution in [3.63, 3.8) is 0 Å². The fourth-order valence-electron chi connectivity index (χ4n) is 7.44. The van der Waals surface area contributed by atoms with Crippen molar-refractivity contribution in [2.75, 3.05) is 13.2 Å². The summed E-state index contributed by atoms with van der Waals surface area (Å²) in [6.07, 6.45) is 3.41. The van der Waals surface area contributed by atoms with Gasteiger partial charge in [0.05, 0.1) is 37.9 Å². The van der Waals surface area contributed by atoms with Gasteiger partial charge in [0.25, 0.3) is 0 Å². The molecule has 244 valence electrons. The van der Waals surface area contributed by atoms with Crippen LogP contribution < -0.4 is 9.47 Å². The zero-order valence-corrected chi connectivity index (χ0v) is 26.2. The molecular formula is C36H40O10. The van der Waals surface area contributed by atoms with Gasteiger partial charge >= 0.3 is 23.9 Å². The lowest BCUT2D eigenvalue weighted by Gasteiger charge is -2.34. The van der Waals surface area contributed by atoms with Gasteiger partial charge in [0, 0.05) is 37.5 Å². The third-order valence-corrected chi connectivity index (χ3v) is 9.44. The van der Waals surface area contributed by atoms with Crippen LogP contribution in [0.15, 0.2) is 48.5 Å². The molecular weight excluding hydrogens is 592 g/mol. The molecule has 0 bridgehead atoms. The Labute approximate surface area is 268 Å². The second kappa shape index (κ2) is 14.8. The zero-order valence-electron chi connectivity index (χ0n) is 26.2. The summed E-state index contributed by atoms with van der Waals surface area (Å²) >= 11 is 0. The van der Waals surface area contributed by atoms with E-state index in [4.69, 9.17) is 18.9 Å². The number of hydrogen-bond acceptors (Lipinski definition) is 10. The highest BCUT2D eigenvalue weighted by Gasteiger charge is 2.47. The van der Waals surface area contributed by atoms with E-state index in [2.05, 4.69) is 0 Å². The van der Waals surface area contributed by atoms with Crippen LogP contribution in [-0.2, 0) is 38.2 Å². The Morgan fingerprint density at radius 1 is 0.652 bits per heavy atom. The number of ketones is 2. The van der Waals surface area contributed by atoms with Crippen LogP contribution in [0.1, 0.15) is 88.2 Å². The molecule has 2 aromatic rings. The van der Waals surface area contributed by atoms with E-state index in [1.165, 1.54) is 0 Å². The normalized spacial score (nSPS) is 26.6. The number of carbonyl (C=O) groups is 6. The summed E-state index contributed by atoms with van der Waals surface area (Å²) in [4.78, 5) is 72.3. The summed E-state index contributed by atoms with van der Waals surface area (Å²) < 4.78 is 21.1. The number of esters is 4. The van der Waals surface area contributed by atoms with Gasteiger partial charge in [-0.15, -0.1) is 0 Å². The van der Waals surface area contributed by atoms with Crippen LogP contribution >= 0.6 is 0 Å². The molecule has 0 spiro atoms. The van der Waals surface area contributed by atoms with Crippen molar-refractivity contribution in [1.29, 1.82) is 0 Å². The number of ether oxygens (including phenoxy) is 4. The quantitative estimate of drug-likeness (QED) is 0.280. The van der Waals surface area contributed by atoms with Crippen molar-refractivity contribution in [3.8, 4) is 11.5 Å². The molecule has 2 fully saturated rings. The number of hydrogen-bond donors (Lipinski definition) is 0. The molecule has 0 saturated heterocycles. The number of fused-ring (bicyclic) bond motifs is 2. The maximum absolute atomic E-state index is 12.5. The van der Waals surface area contributed by atoms with Crippen molar-refractivity contribution < 1.29 is 47.7 Å². The van der Waals surface area contributed by atoms with Crippen LogP contribution in [0, 0.1) is 23.7 Å². The number of Topliss-reactive ketones (excluding diaryl/α,β-unsaturated/α-hetero) is 2. The number of benzene rings is 2. The lowest BCUT2D eigenvalue weighted by atomic mass is 9.74. The van der Waals surface area contributed by atoms with Gasteiger partial charge in [-0.1, -0.05) is 36.4 Å². The van der Waals surface area contributed by atoms with Crippen LogP contribution in [0.4, 0.5) is 0 Å². The molecule has 0 radical (unpaired) electrons. The number of carbonyl (C=O) groups excluding carboxylic acids is 6. The Hall–Kier alpha value is -4.34. The monoisotopic (exact) mass is 632 g/mol. The third kappa shape index (κ3) is 7.37. The van der Waals surface area contributed by atoms with Gasteiger partial charge in [-0.3, -0.25) is 28.8 Å². The minimum Gasteiger partial charge on any atom is -0.466 e. The smallest absolute Gasteiger partial charge is 0.315 e. The van der Waals surface area contributed by atoms with E-state index in [-0.39, 0.29) is 72.0 Å². The summed E-state index contributed by atoms with van der Waals surface area (Å²) in [7, 11) is 0. The first kappa shape index (κ1) is 33.0. The average Bonchev–Trinajstić information content (AvgIpc) is 3.65. The SMILES string of the molecule is CCOC(=O)C[C@@H]1c2ccccc2OC(=O)[C@H]1[C@@H]1CCC(=O)C1.CCOC(=O)C[C@@H]1c2ccccc2OC(=O)[C@H]1[C@@H]1CCC(=O)C1. The fraction of sp³-hybridized carbons (Fsp3) is 0.500. The van der Waals surface area contributed by atoms with E-state index in [1.54, 1.807) is 38.1 Å². The fourth-order valence-corrected chi connectivity index (χ4v) is 7.44. The standard InChI is InChI=1S/2C18H20O5/c2*1-2-22-16(20)10-14-13-5-3-4-6-15(13)23-18(21)17(14)11-7-8-12(19)9-11/h2*3-6,11,14,17H,2,7-10H2,1H3/t2*11-,14-,17+/m11/s1. The van der Waals surface area contributed by atoms with Crippen molar-refractivity contribution in [1.82, 2.24) is 0 Å². The minimum absolute atomic E-state index is 0.0530.